The molecule has 0 radical (unpaired) electrons. The van der Waals surface area contributed by atoms with Gasteiger partial charge in [-0.25, -0.2) is 9.97 Å². The van der Waals surface area contributed by atoms with Crippen molar-refractivity contribution in [3.63, 3.8) is 0 Å². The maximum absolute atomic E-state index is 12.3. The summed E-state index contributed by atoms with van der Waals surface area (Å²) in [6, 6.07) is 12.7. The van der Waals surface area contributed by atoms with Gasteiger partial charge in [0.05, 0.1) is 6.61 Å². The molecule has 0 atom stereocenters. The second kappa shape index (κ2) is 8.57. The second-order valence-electron chi connectivity index (χ2n) is 5.39. The van der Waals surface area contributed by atoms with Crippen LogP contribution < -0.4 is 15.4 Å². The molecule has 0 aliphatic rings. The van der Waals surface area contributed by atoms with Crippen LogP contribution in [0.4, 0.5) is 11.6 Å². The van der Waals surface area contributed by atoms with Crippen molar-refractivity contribution < 1.29 is 9.53 Å². The first-order valence-electron chi connectivity index (χ1n) is 8.24. The summed E-state index contributed by atoms with van der Waals surface area (Å²) in [5.41, 5.74) is 2.02. The minimum absolute atomic E-state index is 0.272. The largest absolute Gasteiger partial charge is 0.494 e. The van der Waals surface area contributed by atoms with E-state index in [9.17, 15) is 4.79 Å². The third-order valence-corrected chi connectivity index (χ3v) is 3.49. The standard InChI is InChI=1S/C19H19N5O2/c1-2-26-16-7-5-15(6-8-16)23-19-21-11-9-17(24-19)18(25)22-13-14-4-3-10-20-12-14/h3-12H,2,13H2,1H3,(H,22,25)(H,21,23,24). The summed E-state index contributed by atoms with van der Waals surface area (Å²) in [5, 5.41) is 5.89. The summed E-state index contributed by atoms with van der Waals surface area (Å²) in [7, 11) is 0. The van der Waals surface area contributed by atoms with Crippen LogP contribution in [-0.4, -0.2) is 27.5 Å². The van der Waals surface area contributed by atoms with Crippen molar-refractivity contribution in [2.45, 2.75) is 13.5 Å². The number of nitrogens with zero attached hydrogens (tertiary/aromatic N) is 3. The first kappa shape index (κ1) is 17.3. The molecule has 0 saturated heterocycles. The highest BCUT2D eigenvalue weighted by molar-refractivity contribution is 5.92. The molecule has 0 aliphatic heterocycles. The lowest BCUT2D eigenvalue weighted by Gasteiger charge is -2.08. The van der Waals surface area contributed by atoms with Crippen molar-refractivity contribution in [2.24, 2.45) is 0 Å². The molecule has 0 unspecified atom stereocenters. The highest BCUT2D eigenvalue weighted by Crippen LogP contribution is 2.18. The molecule has 0 bridgehead atoms. The average molecular weight is 349 g/mol. The fourth-order valence-corrected chi connectivity index (χ4v) is 2.25. The molecule has 0 spiro atoms. The van der Waals surface area contributed by atoms with Gasteiger partial charge in [0, 0.05) is 30.8 Å². The number of anilines is 2. The number of carbonyl (C=O) groups excluding carboxylic acids is 1. The number of nitrogens with one attached hydrogen (secondary N) is 2. The van der Waals surface area contributed by atoms with Crippen LogP contribution in [0.2, 0.25) is 0 Å². The van der Waals surface area contributed by atoms with E-state index in [1.54, 1.807) is 24.7 Å². The Morgan fingerprint density at radius 1 is 1.12 bits per heavy atom. The first-order valence-corrected chi connectivity index (χ1v) is 8.24. The highest BCUT2D eigenvalue weighted by Gasteiger charge is 2.09. The molecule has 3 aromatic rings. The molecule has 2 aromatic heterocycles. The van der Waals surface area contributed by atoms with Crippen LogP contribution in [0.25, 0.3) is 0 Å². The van der Waals surface area contributed by atoms with Crippen LogP contribution in [0.1, 0.15) is 23.0 Å². The molecule has 2 heterocycles. The summed E-state index contributed by atoms with van der Waals surface area (Å²) in [6.45, 7) is 2.94. The molecule has 7 nitrogen and oxygen atoms in total. The van der Waals surface area contributed by atoms with E-state index >= 15 is 0 Å². The highest BCUT2D eigenvalue weighted by atomic mass is 16.5. The van der Waals surface area contributed by atoms with Gasteiger partial charge in [0.15, 0.2) is 0 Å². The van der Waals surface area contributed by atoms with E-state index < -0.39 is 0 Å². The Kier molecular flexibility index (Phi) is 5.72. The zero-order valence-electron chi connectivity index (χ0n) is 14.3. The summed E-state index contributed by atoms with van der Waals surface area (Å²) >= 11 is 0. The third kappa shape index (κ3) is 4.76. The monoisotopic (exact) mass is 349 g/mol. The van der Waals surface area contributed by atoms with Crippen molar-refractivity contribution in [1.82, 2.24) is 20.3 Å². The van der Waals surface area contributed by atoms with E-state index in [-0.39, 0.29) is 11.6 Å². The second-order valence-corrected chi connectivity index (χ2v) is 5.39. The molecule has 0 aliphatic carbocycles. The molecule has 1 aromatic carbocycles. The normalized spacial score (nSPS) is 10.2. The van der Waals surface area contributed by atoms with E-state index in [1.807, 2.05) is 43.3 Å². The number of aromatic nitrogens is 3. The summed E-state index contributed by atoms with van der Waals surface area (Å²) in [6.07, 6.45) is 4.94. The van der Waals surface area contributed by atoms with Crippen LogP contribution in [0.5, 0.6) is 5.75 Å². The SMILES string of the molecule is CCOc1ccc(Nc2nccc(C(=O)NCc3cccnc3)n2)cc1. The van der Waals surface area contributed by atoms with Crippen LogP contribution in [-0.2, 0) is 6.54 Å². The molecular formula is C19H19N5O2. The van der Waals surface area contributed by atoms with Crippen LogP contribution in [0.15, 0.2) is 61.1 Å². The number of benzene rings is 1. The van der Waals surface area contributed by atoms with E-state index in [2.05, 4.69) is 25.6 Å². The number of ether oxygens (including phenoxy) is 1. The van der Waals surface area contributed by atoms with E-state index in [1.165, 1.54) is 0 Å². The minimum Gasteiger partial charge on any atom is -0.494 e. The average Bonchev–Trinajstić information content (AvgIpc) is 2.69. The molecule has 3 rings (SSSR count). The Morgan fingerprint density at radius 3 is 2.69 bits per heavy atom. The number of carbonyl (C=O) groups is 1. The molecule has 2 N–H and O–H groups in total. The van der Waals surface area contributed by atoms with Gasteiger partial charge in [0.1, 0.15) is 11.4 Å². The van der Waals surface area contributed by atoms with Gasteiger partial charge in [-0.3, -0.25) is 9.78 Å². The Hall–Kier alpha value is -3.48. The molecular weight excluding hydrogens is 330 g/mol. The molecule has 26 heavy (non-hydrogen) atoms. The Balaban J connectivity index is 1.62. The number of hydrogen-bond donors (Lipinski definition) is 2. The van der Waals surface area contributed by atoms with Gasteiger partial charge in [-0.05, 0) is 48.9 Å². The Bertz CT molecular complexity index is 853. The smallest absolute Gasteiger partial charge is 0.270 e. The van der Waals surface area contributed by atoms with Gasteiger partial charge in [0.25, 0.3) is 5.91 Å². The first-order chi connectivity index (χ1) is 12.7. The van der Waals surface area contributed by atoms with Crippen molar-refractivity contribution in [2.75, 3.05) is 11.9 Å². The predicted molar refractivity (Wildman–Crippen MR) is 98.3 cm³/mol. The molecule has 1 amide bonds. The van der Waals surface area contributed by atoms with Gasteiger partial charge in [-0.2, -0.15) is 0 Å². The van der Waals surface area contributed by atoms with E-state index in [0.717, 1.165) is 17.0 Å². The predicted octanol–water partition coefficient (Wildman–Crippen LogP) is 2.94. The fourth-order valence-electron chi connectivity index (χ4n) is 2.25. The summed E-state index contributed by atoms with van der Waals surface area (Å²) < 4.78 is 5.41. The van der Waals surface area contributed by atoms with E-state index in [0.29, 0.717) is 19.1 Å². The quantitative estimate of drug-likeness (QED) is 0.682. The lowest BCUT2D eigenvalue weighted by Crippen LogP contribution is -2.24. The molecule has 0 saturated carbocycles. The minimum atomic E-state index is -0.272. The Labute approximate surface area is 151 Å². The number of amides is 1. The zero-order chi connectivity index (χ0) is 18.2. The van der Waals surface area contributed by atoms with Gasteiger partial charge < -0.3 is 15.4 Å². The number of rotatable bonds is 7. The zero-order valence-corrected chi connectivity index (χ0v) is 14.3. The van der Waals surface area contributed by atoms with Crippen molar-refractivity contribution in [3.05, 3.63) is 72.3 Å². The number of pyridine rings is 1. The van der Waals surface area contributed by atoms with Gasteiger partial charge in [0.2, 0.25) is 5.95 Å². The van der Waals surface area contributed by atoms with Crippen LogP contribution >= 0.6 is 0 Å². The van der Waals surface area contributed by atoms with Crippen LogP contribution in [0.3, 0.4) is 0 Å². The maximum Gasteiger partial charge on any atom is 0.270 e. The molecule has 7 heteroatoms. The van der Waals surface area contributed by atoms with Gasteiger partial charge in [-0.1, -0.05) is 6.07 Å². The topological polar surface area (TPSA) is 89.0 Å². The lowest BCUT2D eigenvalue weighted by molar-refractivity contribution is 0.0946. The van der Waals surface area contributed by atoms with E-state index in [4.69, 9.17) is 4.74 Å². The third-order valence-electron chi connectivity index (χ3n) is 3.49. The summed E-state index contributed by atoms with van der Waals surface area (Å²) in [5.74, 6) is 0.872. The van der Waals surface area contributed by atoms with Crippen molar-refractivity contribution in [1.29, 1.82) is 0 Å². The van der Waals surface area contributed by atoms with Gasteiger partial charge >= 0.3 is 0 Å². The molecule has 0 fully saturated rings. The Morgan fingerprint density at radius 2 is 1.96 bits per heavy atom. The maximum atomic E-state index is 12.3. The van der Waals surface area contributed by atoms with Crippen molar-refractivity contribution >= 4 is 17.5 Å². The van der Waals surface area contributed by atoms with Gasteiger partial charge in [-0.15, -0.1) is 0 Å². The molecule has 132 valence electrons. The lowest BCUT2D eigenvalue weighted by atomic mass is 10.3. The summed E-state index contributed by atoms with van der Waals surface area (Å²) in [4.78, 5) is 24.7. The van der Waals surface area contributed by atoms with Crippen LogP contribution in [0, 0.1) is 0 Å². The number of hydrogen-bond acceptors (Lipinski definition) is 6. The van der Waals surface area contributed by atoms with Crippen molar-refractivity contribution in [3.8, 4) is 5.75 Å². The fraction of sp³-hybridized carbons (Fsp3) is 0.158.